The Hall–Kier alpha value is -1.36. The van der Waals surface area contributed by atoms with Crippen molar-refractivity contribution in [2.75, 3.05) is 19.8 Å². The second kappa shape index (κ2) is 4.61. The Balaban J connectivity index is 2.59. The van der Waals surface area contributed by atoms with E-state index in [4.69, 9.17) is 10.5 Å². The molecule has 1 heterocycles. The number of carbonyl (C=O) groups excluding carboxylic acids is 1. The second-order valence-corrected chi connectivity index (χ2v) is 2.53. The SMILES string of the molecule is CCOC(=O)C1=CN(CN)C=NC1. The first-order chi connectivity index (χ1) is 6.27. The standard InChI is InChI=1S/C8H13N3O2/c1-2-13-8(12)7-3-10-6-11(4-7)5-9/h4,6H,2-3,5,9H2,1H3. The highest BCUT2D eigenvalue weighted by Gasteiger charge is 2.13. The zero-order chi connectivity index (χ0) is 9.68. The Morgan fingerprint density at radius 1 is 1.85 bits per heavy atom. The van der Waals surface area contributed by atoms with E-state index < -0.39 is 0 Å². The van der Waals surface area contributed by atoms with Gasteiger partial charge in [0, 0.05) is 6.20 Å². The van der Waals surface area contributed by atoms with E-state index in [2.05, 4.69) is 4.99 Å². The minimum absolute atomic E-state index is 0.312. The van der Waals surface area contributed by atoms with E-state index in [0.717, 1.165) is 0 Å². The van der Waals surface area contributed by atoms with E-state index in [1.54, 1.807) is 24.4 Å². The molecule has 2 N–H and O–H groups in total. The van der Waals surface area contributed by atoms with Crippen LogP contribution in [-0.4, -0.2) is 37.0 Å². The first kappa shape index (κ1) is 9.73. The summed E-state index contributed by atoms with van der Waals surface area (Å²) in [5.74, 6) is -0.321. The maximum atomic E-state index is 11.2. The number of hydrogen-bond acceptors (Lipinski definition) is 5. The van der Waals surface area contributed by atoms with Gasteiger partial charge < -0.3 is 15.4 Å². The van der Waals surface area contributed by atoms with Gasteiger partial charge >= 0.3 is 5.97 Å². The fourth-order valence-electron chi connectivity index (χ4n) is 0.959. The number of hydrogen-bond donors (Lipinski definition) is 1. The van der Waals surface area contributed by atoms with Crippen molar-refractivity contribution < 1.29 is 9.53 Å². The molecule has 0 saturated carbocycles. The van der Waals surface area contributed by atoms with Gasteiger partial charge in [-0.25, -0.2) is 4.79 Å². The average molecular weight is 183 g/mol. The summed E-state index contributed by atoms with van der Waals surface area (Å²) in [6, 6.07) is 0. The van der Waals surface area contributed by atoms with Crippen LogP contribution in [0.25, 0.3) is 0 Å². The summed E-state index contributed by atoms with van der Waals surface area (Å²) in [5, 5.41) is 0. The van der Waals surface area contributed by atoms with Gasteiger partial charge in [0.05, 0.1) is 31.7 Å². The van der Waals surface area contributed by atoms with Crippen LogP contribution in [-0.2, 0) is 9.53 Å². The molecule has 0 radical (unpaired) electrons. The number of nitrogens with zero attached hydrogens (tertiary/aromatic N) is 2. The third-order valence-corrected chi connectivity index (χ3v) is 1.56. The summed E-state index contributed by atoms with van der Waals surface area (Å²) >= 11 is 0. The Morgan fingerprint density at radius 2 is 2.62 bits per heavy atom. The monoisotopic (exact) mass is 183 g/mol. The van der Waals surface area contributed by atoms with Gasteiger partial charge in [-0.1, -0.05) is 0 Å². The molecule has 0 spiro atoms. The largest absolute Gasteiger partial charge is 0.463 e. The van der Waals surface area contributed by atoms with Gasteiger partial charge in [-0.3, -0.25) is 4.99 Å². The van der Waals surface area contributed by atoms with Crippen molar-refractivity contribution in [2.24, 2.45) is 10.7 Å². The molecule has 1 aliphatic heterocycles. The number of carbonyl (C=O) groups is 1. The third kappa shape index (κ3) is 2.55. The van der Waals surface area contributed by atoms with Crippen LogP contribution in [0.1, 0.15) is 6.92 Å². The van der Waals surface area contributed by atoms with Gasteiger partial charge in [0.1, 0.15) is 0 Å². The molecule has 0 atom stereocenters. The lowest BCUT2D eigenvalue weighted by Gasteiger charge is -2.17. The average Bonchev–Trinajstić information content (AvgIpc) is 2.18. The van der Waals surface area contributed by atoms with Crippen LogP contribution in [0.5, 0.6) is 0 Å². The van der Waals surface area contributed by atoms with Crippen LogP contribution >= 0.6 is 0 Å². The maximum absolute atomic E-state index is 11.2. The van der Waals surface area contributed by atoms with E-state index in [-0.39, 0.29) is 5.97 Å². The fraction of sp³-hybridized carbons (Fsp3) is 0.500. The van der Waals surface area contributed by atoms with Crippen LogP contribution in [0.2, 0.25) is 0 Å². The molecule has 0 unspecified atom stereocenters. The number of rotatable bonds is 3. The molecule has 5 nitrogen and oxygen atoms in total. The summed E-state index contributed by atoms with van der Waals surface area (Å²) in [6.07, 6.45) is 3.26. The zero-order valence-corrected chi connectivity index (χ0v) is 7.56. The number of ether oxygens (including phenoxy) is 1. The van der Waals surface area contributed by atoms with Gasteiger partial charge in [-0.05, 0) is 6.92 Å². The van der Waals surface area contributed by atoms with E-state index >= 15 is 0 Å². The van der Waals surface area contributed by atoms with Crippen molar-refractivity contribution in [3.8, 4) is 0 Å². The molecule has 0 bridgehead atoms. The van der Waals surface area contributed by atoms with Crippen molar-refractivity contribution in [3.05, 3.63) is 11.8 Å². The van der Waals surface area contributed by atoms with E-state index in [9.17, 15) is 4.79 Å². The van der Waals surface area contributed by atoms with Crippen LogP contribution < -0.4 is 5.73 Å². The first-order valence-corrected chi connectivity index (χ1v) is 4.11. The van der Waals surface area contributed by atoms with Crippen molar-refractivity contribution in [3.63, 3.8) is 0 Å². The second-order valence-electron chi connectivity index (χ2n) is 2.53. The summed E-state index contributed by atoms with van der Waals surface area (Å²) in [4.78, 5) is 16.8. The topological polar surface area (TPSA) is 67.9 Å². The number of aliphatic imine (C=N–C) groups is 1. The van der Waals surface area contributed by atoms with Crippen LogP contribution in [0.3, 0.4) is 0 Å². The quantitative estimate of drug-likeness (QED) is 0.609. The molecule has 0 aromatic carbocycles. The molecule has 1 rings (SSSR count). The van der Waals surface area contributed by atoms with Crippen molar-refractivity contribution in [2.45, 2.75) is 6.92 Å². The summed E-state index contributed by atoms with van der Waals surface area (Å²) in [5.41, 5.74) is 5.91. The summed E-state index contributed by atoms with van der Waals surface area (Å²) in [6.45, 7) is 2.83. The summed E-state index contributed by atoms with van der Waals surface area (Å²) in [7, 11) is 0. The van der Waals surface area contributed by atoms with Crippen molar-refractivity contribution >= 4 is 12.3 Å². The molecule has 0 aliphatic carbocycles. The Labute approximate surface area is 76.9 Å². The lowest BCUT2D eigenvalue weighted by molar-refractivity contribution is -0.138. The molecule has 0 aromatic rings. The molecule has 0 aromatic heterocycles. The van der Waals surface area contributed by atoms with Crippen LogP contribution in [0, 0.1) is 0 Å². The lowest BCUT2D eigenvalue weighted by Crippen LogP contribution is -2.28. The van der Waals surface area contributed by atoms with Crippen molar-refractivity contribution in [1.82, 2.24) is 4.90 Å². The highest BCUT2D eigenvalue weighted by molar-refractivity contribution is 5.90. The minimum Gasteiger partial charge on any atom is -0.463 e. The van der Waals surface area contributed by atoms with E-state index in [0.29, 0.717) is 25.4 Å². The maximum Gasteiger partial charge on any atom is 0.337 e. The number of nitrogens with two attached hydrogens (primary N) is 1. The molecule has 0 fully saturated rings. The van der Waals surface area contributed by atoms with Gasteiger partial charge in [0.15, 0.2) is 0 Å². The molecular weight excluding hydrogens is 170 g/mol. The third-order valence-electron chi connectivity index (χ3n) is 1.56. The Kier molecular flexibility index (Phi) is 3.45. The molecule has 5 heteroatoms. The summed E-state index contributed by atoms with van der Waals surface area (Å²) < 4.78 is 4.83. The fourth-order valence-corrected chi connectivity index (χ4v) is 0.959. The lowest BCUT2D eigenvalue weighted by atomic mass is 10.2. The number of esters is 1. The molecular formula is C8H13N3O2. The van der Waals surface area contributed by atoms with Gasteiger partial charge in [0.25, 0.3) is 0 Å². The highest BCUT2D eigenvalue weighted by Crippen LogP contribution is 2.04. The predicted molar refractivity (Wildman–Crippen MR) is 49.0 cm³/mol. The van der Waals surface area contributed by atoms with E-state index in [1.807, 2.05) is 0 Å². The van der Waals surface area contributed by atoms with Crippen LogP contribution in [0.4, 0.5) is 0 Å². The molecule has 72 valence electrons. The smallest absolute Gasteiger partial charge is 0.337 e. The van der Waals surface area contributed by atoms with Gasteiger partial charge in [-0.2, -0.15) is 0 Å². The van der Waals surface area contributed by atoms with Gasteiger partial charge in [0.2, 0.25) is 0 Å². The molecule has 0 saturated heterocycles. The highest BCUT2D eigenvalue weighted by atomic mass is 16.5. The normalized spacial score (nSPS) is 15.5. The Morgan fingerprint density at radius 3 is 3.23 bits per heavy atom. The first-order valence-electron chi connectivity index (χ1n) is 4.11. The predicted octanol–water partition coefficient (Wildman–Crippen LogP) is -0.306. The molecule has 0 amide bonds. The van der Waals surface area contributed by atoms with Gasteiger partial charge in [-0.15, -0.1) is 0 Å². The molecule has 1 aliphatic rings. The van der Waals surface area contributed by atoms with Crippen LogP contribution in [0.15, 0.2) is 16.8 Å². The molecule has 13 heavy (non-hydrogen) atoms. The minimum atomic E-state index is -0.321. The van der Waals surface area contributed by atoms with Crippen molar-refractivity contribution in [1.29, 1.82) is 0 Å². The Bertz CT molecular complexity index is 248. The zero-order valence-electron chi connectivity index (χ0n) is 7.56. The van der Waals surface area contributed by atoms with E-state index in [1.165, 1.54) is 0 Å².